The number of rotatable bonds is 4. The second-order valence-corrected chi connectivity index (χ2v) is 8.04. The van der Waals surface area contributed by atoms with Gasteiger partial charge in [-0.15, -0.1) is 11.3 Å². The molecular formula is C20H24N2O3S. The van der Waals surface area contributed by atoms with Crippen LogP contribution in [-0.4, -0.2) is 18.0 Å². The molecule has 6 heteroatoms. The monoisotopic (exact) mass is 372 g/mol. The SMILES string of the molecule is C[C@@H](OC(=O)[C@H]1CC=CCC1)C(=O)Nc1sc2c(c1C#N)CCCCC2. The summed E-state index contributed by atoms with van der Waals surface area (Å²) in [6.45, 7) is 1.58. The molecule has 0 radical (unpaired) electrons. The van der Waals surface area contributed by atoms with Crippen LogP contribution in [0.1, 0.15) is 61.5 Å². The second-order valence-electron chi connectivity index (χ2n) is 6.93. The van der Waals surface area contributed by atoms with Crippen LogP contribution in [0, 0.1) is 17.2 Å². The van der Waals surface area contributed by atoms with Crippen LogP contribution in [0.25, 0.3) is 0 Å². The van der Waals surface area contributed by atoms with Crippen molar-refractivity contribution >= 4 is 28.2 Å². The van der Waals surface area contributed by atoms with E-state index in [1.807, 2.05) is 6.08 Å². The smallest absolute Gasteiger partial charge is 0.310 e. The maximum Gasteiger partial charge on any atom is 0.310 e. The van der Waals surface area contributed by atoms with Gasteiger partial charge in [0.15, 0.2) is 6.10 Å². The normalized spacial score (nSPS) is 20.4. The van der Waals surface area contributed by atoms with Crippen molar-refractivity contribution in [3.63, 3.8) is 0 Å². The molecule has 2 atom stereocenters. The molecule has 1 aromatic rings. The summed E-state index contributed by atoms with van der Waals surface area (Å²) >= 11 is 1.49. The lowest BCUT2D eigenvalue weighted by molar-refractivity contribution is -0.157. The summed E-state index contributed by atoms with van der Waals surface area (Å²) in [6.07, 6.45) is 10.7. The van der Waals surface area contributed by atoms with Crippen molar-refractivity contribution in [3.8, 4) is 6.07 Å². The Hall–Kier alpha value is -2.13. The van der Waals surface area contributed by atoms with Gasteiger partial charge in [-0.3, -0.25) is 9.59 Å². The van der Waals surface area contributed by atoms with Gasteiger partial charge in [0.25, 0.3) is 5.91 Å². The molecule has 3 rings (SSSR count). The number of thiophene rings is 1. The molecule has 0 bridgehead atoms. The average molecular weight is 372 g/mol. The topological polar surface area (TPSA) is 79.2 Å². The molecule has 138 valence electrons. The number of nitriles is 1. The molecule has 0 saturated heterocycles. The third kappa shape index (κ3) is 4.16. The fourth-order valence-electron chi connectivity index (χ4n) is 3.49. The van der Waals surface area contributed by atoms with Gasteiger partial charge in [0.05, 0.1) is 11.5 Å². The lowest BCUT2D eigenvalue weighted by atomic mass is 9.95. The van der Waals surface area contributed by atoms with E-state index in [1.165, 1.54) is 22.6 Å². The molecule has 2 aliphatic rings. The minimum absolute atomic E-state index is 0.164. The number of anilines is 1. The summed E-state index contributed by atoms with van der Waals surface area (Å²) in [5.41, 5.74) is 1.67. The quantitative estimate of drug-likeness (QED) is 0.490. The van der Waals surface area contributed by atoms with Crippen molar-refractivity contribution in [2.75, 3.05) is 5.32 Å². The van der Waals surface area contributed by atoms with Crippen LogP contribution in [-0.2, 0) is 27.2 Å². The first-order chi connectivity index (χ1) is 12.6. The molecule has 0 aliphatic heterocycles. The number of hydrogen-bond acceptors (Lipinski definition) is 5. The molecule has 2 aliphatic carbocycles. The first-order valence-electron chi connectivity index (χ1n) is 9.31. The van der Waals surface area contributed by atoms with Crippen LogP contribution < -0.4 is 5.32 Å². The highest BCUT2D eigenvalue weighted by Gasteiger charge is 2.27. The van der Waals surface area contributed by atoms with E-state index in [0.29, 0.717) is 17.0 Å². The lowest BCUT2D eigenvalue weighted by Gasteiger charge is -2.19. The van der Waals surface area contributed by atoms with Crippen LogP contribution in [0.4, 0.5) is 5.00 Å². The molecule has 0 spiro atoms. The van der Waals surface area contributed by atoms with E-state index in [0.717, 1.165) is 44.1 Å². The fourth-order valence-corrected chi connectivity index (χ4v) is 4.74. The van der Waals surface area contributed by atoms with Gasteiger partial charge in [0, 0.05) is 4.88 Å². The molecule has 26 heavy (non-hydrogen) atoms. The Morgan fingerprint density at radius 2 is 2.12 bits per heavy atom. The highest BCUT2D eigenvalue weighted by molar-refractivity contribution is 7.16. The van der Waals surface area contributed by atoms with Gasteiger partial charge < -0.3 is 10.1 Å². The first-order valence-corrected chi connectivity index (χ1v) is 10.1. The Bertz CT molecular complexity index is 760. The van der Waals surface area contributed by atoms with Crippen LogP contribution in [0.3, 0.4) is 0 Å². The first kappa shape index (κ1) is 18.7. The molecule has 1 N–H and O–H groups in total. The van der Waals surface area contributed by atoms with E-state index in [4.69, 9.17) is 4.74 Å². The van der Waals surface area contributed by atoms with Crippen molar-refractivity contribution < 1.29 is 14.3 Å². The summed E-state index contributed by atoms with van der Waals surface area (Å²) in [7, 11) is 0. The van der Waals surface area contributed by atoms with E-state index in [1.54, 1.807) is 6.92 Å². The third-order valence-corrected chi connectivity index (χ3v) is 6.24. The number of carbonyl (C=O) groups excluding carboxylic acids is 2. The van der Waals surface area contributed by atoms with Gasteiger partial charge in [0.1, 0.15) is 11.1 Å². The Balaban J connectivity index is 1.65. The Labute approximate surface area is 158 Å². The van der Waals surface area contributed by atoms with Gasteiger partial charge in [0.2, 0.25) is 0 Å². The summed E-state index contributed by atoms with van der Waals surface area (Å²) in [5.74, 6) is -0.861. The van der Waals surface area contributed by atoms with E-state index in [-0.39, 0.29) is 17.8 Å². The fraction of sp³-hybridized carbons (Fsp3) is 0.550. The predicted octanol–water partition coefficient (Wildman–Crippen LogP) is 4.12. The minimum atomic E-state index is -0.873. The molecule has 1 amide bonds. The molecule has 0 saturated carbocycles. The number of esters is 1. The highest BCUT2D eigenvalue weighted by atomic mass is 32.1. The van der Waals surface area contributed by atoms with Crippen molar-refractivity contribution in [2.24, 2.45) is 5.92 Å². The summed E-state index contributed by atoms with van der Waals surface area (Å²) in [5, 5.41) is 12.9. The number of allylic oxidation sites excluding steroid dienone is 2. The number of ether oxygens (including phenoxy) is 1. The van der Waals surface area contributed by atoms with Crippen molar-refractivity contribution in [3.05, 3.63) is 28.2 Å². The van der Waals surface area contributed by atoms with Crippen molar-refractivity contribution in [2.45, 2.75) is 64.4 Å². The van der Waals surface area contributed by atoms with Crippen LogP contribution in [0.2, 0.25) is 0 Å². The predicted molar refractivity (Wildman–Crippen MR) is 101 cm³/mol. The van der Waals surface area contributed by atoms with Gasteiger partial charge in [-0.05, 0) is 57.4 Å². The minimum Gasteiger partial charge on any atom is -0.452 e. The Kier molecular flexibility index (Phi) is 6.10. The number of nitrogens with zero attached hydrogens (tertiary/aromatic N) is 1. The van der Waals surface area contributed by atoms with E-state index >= 15 is 0 Å². The number of amides is 1. The number of nitrogens with one attached hydrogen (secondary N) is 1. The van der Waals surface area contributed by atoms with Gasteiger partial charge >= 0.3 is 5.97 Å². The summed E-state index contributed by atoms with van der Waals surface area (Å²) in [6, 6.07) is 2.25. The largest absolute Gasteiger partial charge is 0.452 e. The molecule has 0 aromatic carbocycles. The van der Waals surface area contributed by atoms with E-state index in [2.05, 4.69) is 17.5 Å². The van der Waals surface area contributed by atoms with Crippen molar-refractivity contribution in [1.82, 2.24) is 0 Å². The second kappa shape index (κ2) is 8.50. The average Bonchev–Trinajstić information content (AvgIpc) is 2.81. The molecule has 0 unspecified atom stereocenters. The highest BCUT2D eigenvalue weighted by Crippen LogP contribution is 2.37. The van der Waals surface area contributed by atoms with Gasteiger partial charge in [-0.1, -0.05) is 18.6 Å². The zero-order valence-corrected chi connectivity index (χ0v) is 15.9. The van der Waals surface area contributed by atoms with E-state index in [9.17, 15) is 14.9 Å². The lowest BCUT2D eigenvalue weighted by Crippen LogP contribution is -2.32. The summed E-state index contributed by atoms with van der Waals surface area (Å²) < 4.78 is 5.36. The standard InChI is InChI=1S/C20H24N2O3S/c1-13(25-20(24)14-8-4-2-5-9-14)18(23)22-19-16(12-21)15-10-6-3-7-11-17(15)26-19/h2,4,13-14H,3,5-11H2,1H3,(H,22,23)/t13-,14+/m1/s1. The number of fused-ring (bicyclic) bond motifs is 1. The van der Waals surface area contributed by atoms with Crippen LogP contribution in [0.15, 0.2) is 12.2 Å². The maximum absolute atomic E-state index is 12.5. The molecule has 1 heterocycles. The molecule has 1 aromatic heterocycles. The number of carbonyl (C=O) groups is 2. The van der Waals surface area contributed by atoms with Crippen LogP contribution in [0.5, 0.6) is 0 Å². The van der Waals surface area contributed by atoms with Gasteiger partial charge in [-0.2, -0.15) is 5.26 Å². The Morgan fingerprint density at radius 3 is 2.85 bits per heavy atom. The zero-order valence-electron chi connectivity index (χ0n) is 15.0. The molecule has 5 nitrogen and oxygen atoms in total. The molecule has 0 fully saturated rings. The third-order valence-electron chi connectivity index (χ3n) is 5.03. The summed E-state index contributed by atoms with van der Waals surface area (Å²) in [4.78, 5) is 25.9. The van der Waals surface area contributed by atoms with Crippen LogP contribution >= 0.6 is 11.3 Å². The number of aryl methyl sites for hydroxylation is 1. The maximum atomic E-state index is 12.5. The molecular weight excluding hydrogens is 348 g/mol. The van der Waals surface area contributed by atoms with Crippen molar-refractivity contribution in [1.29, 1.82) is 5.26 Å². The van der Waals surface area contributed by atoms with E-state index < -0.39 is 6.10 Å². The zero-order chi connectivity index (χ0) is 18.5. The van der Waals surface area contributed by atoms with Gasteiger partial charge in [-0.25, -0.2) is 0 Å². The number of hydrogen-bond donors (Lipinski definition) is 1. The Morgan fingerprint density at radius 1 is 1.31 bits per heavy atom.